The summed E-state index contributed by atoms with van der Waals surface area (Å²) in [5, 5.41) is 1.84. The summed E-state index contributed by atoms with van der Waals surface area (Å²) in [5.41, 5.74) is 1.53. The zero-order valence-electron chi connectivity index (χ0n) is 25.8. The minimum Gasteiger partial charge on any atom is -0.490 e. The first kappa shape index (κ1) is 32.1. The number of carbonyl (C=O) groups is 2. The third-order valence-corrected chi connectivity index (χ3v) is 8.17. The fourth-order valence-electron chi connectivity index (χ4n) is 5.19. The van der Waals surface area contributed by atoms with E-state index >= 15 is 0 Å². The number of fused-ring (bicyclic) bond motifs is 2. The van der Waals surface area contributed by atoms with Crippen molar-refractivity contribution in [3.8, 4) is 29.6 Å². The van der Waals surface area contributed by atoms with E-state index in [9.17, 15) is 14.4 Å². The van der Waals surface area contributed by atoms with Gasteiger partial charge in [0.1, 0.15) is 12.4 Å². The van der Waals surface area contributed by atoms with Crippen LogP contribution >= 0.6 is 11.3 Å². The maximum atomic E-state index is 14.3. The number of benzene rings is 3. The van der Waals surface area contributed by atoms with Gasteiger partial charge < -0.3 is 23.7 Å². The number of rotatable bonds is 11. The summed E-state index contributed by atoms with van der Waals surface area (Å²) in [6, 6.07) is 15.7. The lowest BCUT2D eigenvalue weighted by Gasteiger charge is -2.25. The quantitative estimate of drug-likeness (QED) is 0.179. The van der Waals surface area contributed by atoms with Gasteiger partial charge >= 0.3 is 11.9 Å². The second-order valence-corrected chi connectivity index (χ2v) is 11.0. The van der Waals surface area contributed by atoms with E-state index in [0.29, 0.717) is 50.0 Å². The van der Waals surface area contributed by atoms with Crippen LogP contribution in [-0.2, 0) is 19.1 Å². The number of methoxy groups -OCH3 is 1. The molecule has 0 spiro atoms. The smallest absolute Gasteiger partial charge is 0.343 e. The Morgan fingerprint density at radius 2 is 1.80 bits per heavy atom. The van der Waals surface area contributed by atoms with Crippen molar-refractivity contribution >= 4 is 40.1 Å². The molecule has 0 saturated carbocycles. The summed E-state index contributed by atoms with van der Waals surface area (Å²) in [5.74, 6) is 2.51. The Morgan fingerprint density at radius 3 is 2.54 bits per heavy atom. The van der Waals surface area contributed by atoms with E-state index in [1.165, 1.54) is 23.0 Å². The minimum absolute atomic E-state index is 0.0596. The monoisotopic (exact) mass is 640 g/mol. The van der Waals surface area contributed by atoms with Gasteiger partial charge in [0.2, 0.25) is 0 Å². The first-order valence-electron chi connectivity index (χ1n) is 14.5. The van der Waals surface area contributed by atoms with Crippen molar-refractivity contribution in [2.24, 2.45) is 4.99 Å². The Balaban J connectivity index is 1.72. The number of hydrogen-bond acceptors (Lipinski definition) is 10. The van der Waals surface area contributed by atoms with E-state index in [1.807, 2.05) is 43.3 Å². The van der Waals surface area contributed by atoms with Crippen LogP contribution in [-0.4, -0.2) is 50.0 Å². The van der Waals surface area contributed by atoms with Gasteiger partial charge in [0.05, 0.1) is 42.2 Å². The van der Waals surface area contributed by atoms with Crippen LogP contribution in [0.1, 0.15) is 37.9 Å². The standard InChI is InChI=1S/C35H32N2O8S/c1-6-17-44-26-15-13-22-11-9-10-12-24(22)25(26)19-29-33(39)37-32(31(34(40)43-8-3)21(4)36-35(37)46-29)23-14-16-27(28(18-23)42-7-2)45-20-30(38)41-5/h1,9-16,18-19,32H,7-8,17,20H2,2-5H3/b29-19+/t32-/m0/s1. The van der Waals surface area contributed by atoms with Gasteiger partial charge in [0.25, 0.3) is 5.56 Å². The molecule has 0 fully saturated rings. The Kier molecular flexibility index (Phi) is 9.88. The van der Waals surface area contributed by atoms with Crippen molar-refractivity contribution in [2.45, 2.75) is 26.8 Å². The van der Waals surface area contributed by atoms with Crippen molar-refractivity contribution in [1.29, 1.82) is 0 Å². The summed E-state index contributed by atoms with van der Waals surface area (Å²) < 4.78 is 29.3. The molecule has 1 aliphatic heterocycles. The molecule has 10 nitrogen and oxygen atoms in total. The predicted octanol–water partition coefficient (Wildman–Crippen LogP) is 3.91. The van der Waals surface area contributed by atoms with Gasteiger partial charge in [-0.1, -0.05) is 53.7 Å². The van der Waals surface area contributed by atoms with Crippen molar-refractivity contribution in [2.75, 3.05) is 33.5 Å². The number of terminal acetylenes is 1. The molecule has 1 aliphatic rings. The molecule has 0 saturated heterocycles. The summed E-state index contributed by atoms with van der Waals surface area (Å²) >= 11 is 1.20. The van der Waals surface area contributed by atoms with Crippen molar-refractivity contribution < 1.29 is 33.3 Å². The average Bonchev–Trinajstić information content (AvgIpc) is 3.36. The minimum atomic E-state index is -0.893. The lowest BCUT2D eigenvalue weighted by Crippen LogP contribution is -2.40. The van der Waals surface area contributed by atoms with Crippen LogP contribution in [0.25, 0.3) is 16.8 Å². The largest absolute Gasteiger partial charge is 0.490 e. The highest BCUT2D eigenvalue weighted by molar-refractivity contribution is 7.07. The SMILES string of the molecule is C#CCOc1ccc2ccccc2c1/C=c1/sc2n(c1=O)[C@@H](c1ccc(OCC(=O)OC)c(OCC)c1)C(C(=O)OCC)=C(C)N=2. The molecule has 0 amide bonds. The molecular formula is C35H32N2O8S. The molecule has 0 radical (unpaired) electrons. The third-order valence-electron chi connectivity index (χ3n) is 7.19. The Labute approximate surface area is 269 Å². The van der Waals surface area contributed by atoms with Crippen molar-refractivity contribution in [1.82, 2.24) is 4.57 Å². The van der Waals surface area contributed by atoms with E-state index < -0.39 is 18.0 Å². The molecule has 0 aliphatic carbocycles. The van der Waals surface area contributed by atoms with E-state index in [-0.39, 0.29) is 31.0 Å². The topological polar surface area (TPSA) is 115 Å². The molecule has 0 N–H and O–H groups in total. The summed E-state index contributed by atoms with van der Waals surface area (Å²) in [7, 11) is 1.27. The fraction of sp³-hybridized carbons (Fsp3) is 0.257. The predicted molar refractivity (Wildman–Crippen MR) is 174 cm³/mol. The molecule has 1 atom stereocenters. The molecule has 11 heteroatoms. The third kappa shape index (κ3) is 6.39. The van der Waals surface area contributed by atoms with E-state index in [2.05, 4.69) is 15.6 Å². The second kappa shape index (κ2) is 14.2. The summed E-state index contributed by atoms with van der Waals surface area (Å²) in [6.45, 7) is 5.41. The Morgan fingerprint density at radius 1 is 1.02 bits per heavy atom. The maximum absolute atomic E-state index is 14.3. The molecule has 236 valence electrons. The number of hydrogen-bond donors (Lipinski definition) is 0. The maximum Gasteiger partial charge on any atom is 0.343 e. The van der Waals surface area contributed by atoms with Crippen LogP contribution in [0.15, 0.2) is 75.7 Å². The molecule has 1 aromatic heterocycles. The Hall–Kier alpha value is -5.34. The first-order chi connectivity index (χ1) is 22.3. The molecule has 0 bridgehead atoms. The lowest BCUT2D eigenvalue weighted by atomic mass is 9.95. The molecule has 3 aromatic carbocycles. The van der Waals surface area contributed by atoms with Gasteiger partial charge in [-0.15, -0.1) is 6.42 Å². The number of thiazole rings is 1. The zero-order valence-corrected chi connectivity index (χ0v) is 26.6. The molecule has 46 heavy (non-hydrogen) atoms. The van der Waals surface area contributed by atoms with Gasteiger partial charge in [-0.25, -0.2) is 14.6 Å². The Bertz CT molecular complexity index is 2070. The van der Waals surface area contributed by atoms with E-state index in [4.69, 9.17) is 25.4 Å². The summed E-state index contributed by atoms with van der Waals surface area (Å²) in [4.78, 5) is 44.5. The molecule has 4 aromatic rings. The van der Waals surface area contributed by atoms with Crippen LogP contribution in [0, 0.1) is 12.3 Å². The van der Waals surface area contributed by atoms with Gasteiger partial charge in [-0.05, 0) is 61.4 Å². The van der Waals surface area contributed by atoms with Crippen LogP contribution in [0.3, 0.4) is 0 Å². The number of carbonyl (C=O) groups excluding carboxylic acids is 2. The van der Waals surface area contributed by atoms with Gasteiger partial charge in [0.15, 0.2) is 22.9 Å². The van der Waals surface area contributed by atoms with Crippen molar-refractivity contribution in [3.05, 3.63) is 96.7 Å². The number of ether oxygens (including phenoxy) is 5. The lowest BCUT2D eigenvalue weighted by molar-refractivity contribution is -0.143. The second-order valence-electron chi connectivity index (χ2n) is 10.00. The number of nitrogens with zero attached hydrogens (tertiary/aromatic N) is 2. The zero-order chi connectivity index (χ0) is 32.8. The number of aromatic nitrogens is 1. The molecule has 5 rings (SSSR count). The highest BCUT2D eigenvalue weighted by Crippen LogP contribution is 2.36. The molecule has 2 heterocycles. The van der Waals surface area contributed by atoms with Crippen molar-refractivity contribution in [3.63, 3.8) is 0 Å². The highest BCUT2D eigenvalue weighted by Gasteiger charge is 2.34. The normalized spacial score (nSPS) is 14.2. The van der Waals surface area contributed by atoms with Crippen LogP contribution in [0.2, 0.25) is 0 Å². The van der Waals surface area contributed by atoms with E-state index in [1.54, 1.807) is 38.1 Å². The van der Waals surface area contributed by atoms with Crippen LogP contribution < -0.4 is 29.1 Å². The van der Waals surface area contributed by atoms with Crippen LogP contribution in [0.4, 0.5) is 0 Å². The van der Waals surface area contributed by atoms with Gasteiger partial charge in [-0.3, -0.25) is 9.36 Å². The molecular weight excluding hydrogens is 608 g/mol. The fourth-order valence-corrected chi connectivity index (χ4v) is 6.21. The van der Waals surface area contributed by atoms with E-state index in [0.717, 1.165) is 10.8 Å². The van der Waals surface area contributed by atoms with Crippen LogP contribution in [0.5, 0.6) is 17.2 Å². The molecule has 0 unspecified atom stereocenters. The summed E-state index contributed by atoms with van der Waals surface area (Å²) in [6.07, 6.45) is 7.24. The first-order valence-corrected chi connectivity index (χ1v) is 15.4. The number of allylic oxidation sites excluding steroid dienone is 1. The number of esters is 2. The van der Waals surface area contributed by atoms with Gasteiger partial charge in [-0.2, -0.15) is 0 Å². The van der Waals surface area contributed by atoms with Gasteiger partial charge in [0, 0.05) is 5.56 Å². The average molecular weight is 641 g/mol. The highest BCUT2D eigenvalue weighted by atomic mass is 32.1.